The van der Waals surface area contributed by atoms with Crippen LogP contribution in [-0.2, 0) is 38.5 Å². The van der Waals surface area contributed by atoms with Crippen molar-refractivity contribution in [1.82, 2.24) is 0 Å². The monoisotopic (exact) mass is 757 g/mol. The second-order valence-electron chi connectivity index (χ2n) is 17.1. The number of nitrogens with two attached hydrogens (primary N) is 2. The van der Waals surface area contributed by atoms with Crippen molar-refractivity contribution >= 4 is 11.4 Å². The van der Waals surface area contributed by atoms with Gasteiger partial charge < -0.3 is 11.5 Å². The molecule has 2 nitrogen and oxygen atoms in total. The lowest BCUT2D eigenvalue weighted by Gasteiger charge is -2.13. The highest BCUT2D eigenvalue weighted by Crippen LogP contribution is 2.24. The normalized spacial score (nSPS) is 11.4. The predicted octanol–water partition coefficient (Wildman–Crippen LogP) is 15.5. The van der Waals surface area contributed by atoms with Gasteiger partial charge in [-0.2, -0.15) is 0 Å². The molecule has 4 aromatic rings. The number of aryl methyl sites for hydroxylation is 4. The molecular weight excluding hydrogens is 677 g/mol. The molecular formula is C54H80N2. The molecule has 0 radical (unpaired) electrons. The van der Waals surface area contributed by atoms with Gasteiger partial charge in [0.15, 0.2) is 0 Å². The van der Waals surface area contributed by atoms with Crippen LogP contribution in [-0.4, -0.2) is 0 Å². The van der Waals surface area contributed by atoms with Gasteiger partial charge in [-0.15, -0.1) is 0 Å². The standard InChI is InChI=1S/C54H80N2/c1-3-5-7-9-19-23-27-49-41-45(29-35-51(49)43-47-31-37-53(55)38-32-47)25-21-17-15-13-11-12-14-16-18-22-26-46-30-36-52(44-48-33-39-54(56)40-34-48)50(42-46)28-24-20-10-8-6-4-2/h29-42H,3-28,43-44,55-56H2,1-2H3. The molecule has 0 spiro atoms. The van der Waals surface area contributed by atoms with Gasteiger partial charge in [-0.05, 0) is 133 Å². The molecule has 0 saturated carbocycles. The van der Waals surface area contributed by atoms with Crippen molar-refractivity contribution in [3.8, 4) is 0 Å². The highest BCUT2D eigenvalue weighted by Gasteiger charge is 2.09. The minimum atomic E-state index is 0.847. The zero-order valence-electron chi connectivity index (χ0n) is 36.0. The van der Waals surface area contributed by atoms with E-state index in [4.69, 9.17) is 11.5 Å². The second-order valence-corrected chi connectivity index (χ2v) is 17.1. The smallest absolute Gasteiger partial charge is 0.0314 e. The van der Waals surface area contributed by atoms with Crippen molar-refractivity contribution in [3.63, 3.8) is 0 Å². The molecule has 4 rings (SSSR count). The molecule has 0 heterocycles. The van der Waals surface area contributed by atoms with Crippen LogP contribution in [0, 0.1) is 0 Å². The molecule has 4 aromatic carbocycles. The maximum Gasteiger partial charge on any atom is 0.0314 e. The van der Waals surface area contributed by atoms with Crippen LogP contribution in [0.1, 0.15) is 200 Å². The topological polar surface area (TPSA) is 52.0 Å². The summed E-state index contributed by atoms with van der Waals surface area (Å²) in [6.45, 7) is 4.60. The number of benzene rings is 4. The first-order valence-corrected chi connectivity index (χ1v) is 23.4. The molecule has 0 aliphatic heterocycles. The first kappa shape index (κ1) is 45.2. The zero-order chi connectivity index (χ0) is 39.5. The third-order valence-corrected chi connectivity index (χ3v) is 12.1. The Bertz CT molecular complexity index is 1460. The summed E-state index contributed by atoms with van der Waals surface area (Å²) in [4.78, 5) is 0. The Hall–Kier alpha value is -3.52. The van der Waals surface area contributed by atoms with Crippen LogP contribution >= 0.6 is 0 Å². The van der Waals surface area contributed by atoms with Crippen LogP contribution in [0.25, 0.3) is 0 Å². The Morgan fingerprint density at radius 2 is 0.571 bits per heavy atom. The number of hydrogen-bond donors (Lipinski definition) is 2. The fourth-order valence-electron chi connectivity index (χ4n) is 8.45. The van der Waals surface area contributed by atoms with Crippen LogP contribution in [0.2, 0.25) is 0 Å². The highest BCUT2D eigenvalue weighted by molar-refractivity contribution is 5.43. The van der Waals surface area contributed by atoms with Crippen LogP contribution in [0.5, 0.6) is 0 Å². The summed E-state index contributed by atoms with van der Waals surface area (Å²) >= 11 is 0. The number of hydrogen-bond acceptors (Lipinski definition) is 2. The minimum Gasteiger partial charge on any atom is -0.399 e. The van der Waals surface area contributed by atoms with Crippen molar-refractivity contribution < 1.29 is 0 Å². The van der Waals surface area contributed by atoms with Crippen molar-refractivity contribution in [2.45, 2.75) is 194 Å². The Kier molecular flexibility index (Phi) is 22.6. The van der Waals surface area contributed by atoms with Crippen molar-refractivity contribution in [2.75, 3.05) is 11.5 Å². The summed E-state index contributed by atoms with van der Waals surface area (Å²) in [6.07, 6.45) is 36.8. The largest absolute Gasteiger partial charge is 0.399 e. The number of rotatable bonds is 31. The van der Waals surface area contributed by atoms with Gasteiger partial charge in [0.1, 0.15) is 0 Å². The van der Waals surface area contributed by atoms with Gasteiger partial charge in [-0.1, -0.05) is 190 Å². The molecule has 2 heteroatoms. The van der Waals surface area contributed by atoms with Crippen molar-refractivity contribution in [1.29, 1.82) is 0 Å². The van der Waals surface area contributed by atoms with Gasteiger partial charge >= 0.3 is 0 Å². The minimum absolute atomic E-state index is 0.847. The van der Waals surface area contributed by atoms with E-state index >= 15 is 0 Å². The molecule has 0 saturated heterocycles. The Morgan fingerprint density at radius 1 is 0.286 bits per heavy atom. The third-order valence-electron chi connectivity index (χ3n) is 12.1. The number of anilines is 2. The van der Waals surface area contributed by atoms with Crippen LogP contribution < -0.4 is 11.5 Å². The average molecular weight is 757 g/mol. The summed E-state index contributed by atoms with van der Waals surface area (Å²) in [5.41, 5.74) is 25.6. The first-order chi connectivity index (χ1) is 27.5. The van der Waals surface area contributed by atoms with Gasteiger partial charge in [-0.25, -0.2) is 0 Å². The molecule has 0 fully saturated rings. The Morgan fingerprint density at radius 3 is 0.911 bits per heavy atom. The molecule has 0 atom stereocenters. The molecule has 0 aliphatic rings. The lowest BCUT2D eigenvalue weighted by atomic mass is 9.92. The summed E-state index contributed by atoms with van der Waals surface area (Å²) in [7, 11) is 0. The summed E-state index contributed by atoms with van der Waals surface area (Å²) < 4.78 is 0. The average Bonchev–Trinajstić information content (AvgIpc) is 3.21. The van der Waals surface area contributed by atoms with Crippen molar-refractivity contribution in [3.05, 3.63) is 129 Å². The van der Waals surface area contributed by atoms with Crippen LogP contribution in [0.15, 0.2) is 84.9 Å². The van der Waals surface area contributed by atoms with Crippen molar-refractivity contribution in [2.24, 2.45) is 0 Å². The van der Waals surface area contributed by atoms with Gasteiger partial charge in [0.2, 0.25) is 0 Å². The molecule has 0 unspecified atom stereocenters. The highest BCUT2D eigenvalue weighted by atomic mass is 14.5. The lowest BCUT2D eigenvalue weighted by molar-refractivity contribution is 0.551. The van der Waals surface area contributed by atoms with E-state index in [1.807, 2.05) is 24.3 Å². The van der Waals surface area contributed by atoms with E-state index in [0.717, 1.165) is 24.2 Å². The molecule has 306 valence electrons. The van der Waals surface area contributed by atoms with E-state index in [2.05, 4.69) is 74.5 Å². The van der Waals surface area contributed by atoms with Crippen LogP contribution in [0.3, 0.4) is 0 Å². The van der Waals surface area contributed by atoms with Gasteiger partial charge in [-0.3, -0.25) is 0 Å². The molecule has 56 heavy (non-hydrogen) atoms. The van der Waals surface area contributed by atoms with E-state index in [1.54, 1.807) is 11.1 Å². The van der Waals surface area contributed by atoms with Gasteiger partial charge in [0.05, 0.1) is 0 Å². The van der Waals surface area contributed by atoms with E-state index < -0.39 is 0 Å². The number of nitrogen functional groups attached to an aromatic ring is 2. The first-order valence-electron chi connectivity index (χ1n) is 23.4. The Labute approximate surface area is 344 Å². The van der Waals surface area contributed by atoms with E-state index in [1.165, 1.54) is 200 Å². The number of unbranched alkanes of at least 4 members (excludes halogenated alkanes) is 19. The molecule has 0 bridgehead atoms. The maximum absolute atomic E-state index is 5.96. The second kappa shape index (κ2) is 28.0. The SMILES string of the molecule is CCCCCCCCc1cc(CCCCCCCCCCCCc2ccc(Cc3ccc(N)cc3)c(CCCCCCCC)c2)ccc1Cc1ccc(N)cc1. The molecule has 0 amide bonds. The van der Waals surface area contributed by atoms with E-state index in [9.17, 15) is 0 Å². The fourth-order valence-corrected chi connectivity index (χ4v) is 8.45. The summed E-state index contributed by atoms with van der Waals surface area (Å²) in [6, 6.07) is 31.7. The Balaban J connectivity index is 1.10. The van der Waals surface area contributed by atoms with Crippen LogP contribution in [0.4, 0.5) is 11.4 Å². The lowest BCUT2D eigenvalue weighted by Crippen LogP contribution is -1.99. The molecule has 0 aromatic heterocycles. The maximum atomic E-state index is 5.96. The predicted molar refractivity (Wildman–Crippen MR) is 248 cm³/mol. The summed E-state index contributed by atoms with van der Waals surface area (Å²) in [5.74, 6) is 0. The fraction of sp³-hybridized carbons (Fsp3) is 0.556. The summed E-state index contributed by atoms with van der Waals surface area (Å²) in [5, 5.41) is 0. The third kappa shape index (κ3) is 18.6. The van der Waals surface area contributed by atoms with E-state index in [-0.39, 0.29) is 0 Å². The zero-order valence-corrected chi connectivity index (χ0v) is 36.0. The quantitative estimate of drug-likeness (QED) is 0.0397. The van der Waals surface area contributed by atoms with Gasteiger partial charge in [0.25, 0.3) is 0 Å². The van der Waals surface area contributed by atoms with E-state index in [0.29, 0.717) is 0 Å². The molecule has 0 aliphatic carbocycles. The molecule has 4 N–H and O–H groups in total. The van der Waals surface area contributed by atoms with Gasteiger partial charge in [0, 0.05) is 11.4 Å².